The Morgan fingerprint density at radius 1 is 1.44 bits per heavy atom. The average Bonchev–Trinajstić information content (AvgIpc) is 2.32. The number of hydrazone groups is 1. The van der Waals surface area contributed by atoms with Gasteiger partial charge in [-0.05, 0) is 12.1 Å². The van der Waals surface area contributed by atoms with Gasteiger partial charge in [0.2, 0.25) is 0 Å². The molecule has 0 aromatic heterocycles. The molecule has 1 atom stereocenters. The van der Waals surface area contributed by atoms with Crippen LogP contribution < -0.4 is 21.6 Å². The molecule has 1 heterocycles. The van der Waals surface area contributed by atoms with Gasteiger partial charge in [-0.15, -0.1) is 0 Å². The lowest BCUT2D eigenvalue weighted by Gasteiger charge is -2.24. The third-order valence-corrected chi connectivity index (χ3v) is 2.77. The van der Waals surface area contributed by atoms with Crippen molar-refractivity contribution in [2.75, 3.05) is 6.54 Å². The van der Waals surface area contributed by atoms with E-state index in [0.29, 0.717) is 16.6 Å². The molecule has 0 spiro atoms. The fourth-order valence-electron chi connectivity index (χ4n) is 1.36. The second-order valence-corrected chi connectivity index (χ2v) is 4.43. The van der Waals surface area contributed by atoms with Gasteiger partial charge < -0.3 is 5.32 Å². The van der Waals surface area contributed by atoms with Crippen LogP contribution in [0.5, 0.6) is 0 Å². The van der Waals surface area contributed by atoms with E-state index in [1.807, 2.05) is 0 Å². The predicted molar refractivity (Wildman–Crippen MR) is 70.6 cm³/mol. The van der Waals surface area contributed by atoms with Crippen molar-refractivity contribution in [1.82, 2.24) is 21.6 Å². The molecule has 1 aromatic carbocycles. The highest BCUT2D eigenvalue weighted by Crippen LogP contribution is 2.19. The topological polar surface area (TPSA) is 77.6 Å². The number of hydrogen-bond donors (Lipinski definition) is 4. The summed E-state index contributed by atoms with van der Waals surface area (Å²) in [6.07, 6.45) is 1.29. The minimum atomic E-state index is -0.307. The summed E-state index contributed by atoms with van der Waals surface area (Å²) in [5.74, 6) is 0. The Labute approximate surface area is 114 Å². The SMILES string of the molecule is O=C1NNCC(N/N=C/c2ccc(Cl)cc2Cl)N1. The van der Waals surface area contributed by atoms with E-state index in [4.69, 9.17) is 23.2 Å². The largest absolute Gasteiger partial charge is 0.330 e. The van der Waals surface area contributed by atoms with Crippen molar-refractivity contribution in [3.05, 3.63) is 33.8 Å². The average molecular weight is 288 g/mol. The number of rotatable bonds is 3. The molecule has 2 amide bonds. The Morgan fingerprint density at radius 3 is 3.00 bits per heavy atom. The van der Waals surface area contributed by atoms with Crippen LogP contribution in [-0.2, 0) is 0 Å². The molecule has 1 aliphatic heterocycles. The molecule has 4 N–H and O–H groups in total. The van der Waals surface area contributed by atoms with Crippen LogP contribution in [0.2, 0.25) is 10.0 Å². The standard InChI is InChI=1S/C10H11Cl2N5O/c11-7-2-1-6(8(12)3-7)4-13-16-9-5-14-17-10(18)15-9/h1-4,9,14,16H,5H2,(H2,15,17,18)/b13-4+. The Hall–Kier alpha value is -1.50. The summed E-state index contributed by atoms with van der Waals surface area (Å²) >= 11 is 11.8. The molecule has 6 nitrogen and oxygen atoms in total. The summed E-state index contributed by atoms with van der Waals surface area (Å²) in [4.78, 5) is 11.0. The number of hydrogen-bond acceptors (Lipinski definition) is 4. The number of nitrogens with one attached hydrogen (secondary N) is 4. The van der Waals surface area contributed by atoms with Gasteiger partial charge in [0, 0.05) is 10.6 Å². The molecule has 1 saturated heterocycles. The maximum atomic E-state index is 11.0. The number of carbonyl (C=O) groups excluding carboxylic acids is 1. The Morgan fingerprint density at radius 2 is 2.28 bits per heavy atom. The number of carbonyl (C=O) groups is 1. The minimum absolute atomic E-state index is 0.277. The van der Waals surface area contributed by atoms with Gasteiger partial charge in [-0.2, -0.15) is 5.10 Å². The van der Waals surface area contributed by atoms with Crippen LogP contribution >= 0.6 is 23.2 Å². The predicted octanol–water partition coefficient (Wildman–Crippen LogP) is 1.06. The van der Waals surface area contributed by atoms with E-state index in [-0.39, 0.29) is 12.2 Å². The molecule has 1 unspecified atom stereocenters. The van der Waals surface area contributed by atoms with Crippen LogP contribution in [0.1, 0.15) is 5.56 Å². The van der Waals surface area contributed by atoms with Crippen molar-refractivity contribution < 1.29 is 4.79 Å². The number of benzene rings is 1. The zero-order chi connectivity index (χ0) is 13.0. The first-order valence-electron chi connectivity index (χ1n) is 5.18. The molecule has 18 heavy (non-hydrogen) atoms. The molecular weight excluding hydrogens is 277 g/mol. The van der Waals surface area contributed by atoms with Gasteiger partial charge >= 0.3 is 6.03 Å². The summed E-state index contributed by atoms with van der Waals surface area (Å²) in [5, 5.41) is 7.72. The third kappa shape index (κ3) is 3.49. The van der Waals surface area contributed by atoms with Gasteiger partial charge in [-0.1, -0.05) is 29.3 Å². The monoisotopic (exact) mass is 287 g/mol. The molecule has 0 aliphatic carbocycles. The van der Waals surface area contributed by atoms with Crippen molar-refractivity contribution >= 4 is 35.4 Å². The normalized spacial score (nSPS) is 19.4. The first kappa shape index (κ1) is 12.9. The van der Waals surface area contributed by atoms with Crippen LogP contribution in [0.4, 0.5) is 4.79 Å². The van der Waals surface area contributed by atoms with Gasteiger partial charge in [0.1, 0.15) is 6.17 Å². The molecule has 0 bridgehead atoms. The molecular formula is C10H11Cl2N5O. The van der Waals surface area contributed by atoms with Crippen LogP contribution in [0.25, 0.3) is 0 Å². The Balaban J connectivity index is 1.92. The van der Waals surface area contributed by atoms with Gasteiger partial charge in [0.05, 0.1) is 17.8 Å². The summed E-state index contributed by atoms with van der Waals surface area (Å²) in [7, 11) is 0. The third-order valence-electron chi connectivity index (χ3n) is 2.21. The molecule has 0 radical (unpaired) electrons. The number of amides is 2. The Bertz CT molecular complexity index is 479. The van der Waals surface area contributed by atoms with Gasteiger partial charge in [0.25, 0.3) is 0 Å². The van der Waals surface area contributed by atoms with Gasteiger partial charge in [0.15, 0.2) is 0 Å². The second-order valence-electron chi connectivity index (χ2n) is 3.59. The van der Waals surface area contributed by atoms with E-state index in [2.05, 4.69) is 26.7 Å². The van der Waals surface area contributed by atoms with Crippen molar-refractivity contribution in [2.24, 2.45) is 5.10 Å². The number of nitrogens with zero attached hydrogens (tertiary/aromatic N) is 1. The summed E-state index contributed by atoms with van der Waals surface area (Å²) in [5.41, 5.74) is 8.64. The van der Waals surface area contributed by atoms with Crippen molar-refractivity contribution in [1.29, 1.82) is 0 Å². The lowest BCUT2D eigenvalue weighted by atomic mass is 10.2. The molecule has 8 heteroatoms. The van der Waals surface area contributed by atoms with Crippen molar-refractivity contribution in [2.45, 2.75) is 6.17 Å². The highest BCUT2D eigenvalue weighted by atomic mass is 35.5. The molecule has 1 fully saturated rings. The van der Waals surface area contributed by atoms with E-state index in [9.17, 15) is 4.79 Å². The molecule has 2 rings (SSSR count). The van der Waals surface area contributed by atoms with Gasteiger partial charge in [-0.25, -0.2) is 10.2 Å². The van der Waals surface area contributed by atoms with Crippen molar-refractivity contribution in [3.8, 4) is 0 Å². The summed E-state index contributed by atoms with van der Waals surface area (Å²) in [6.45, 7) is 0.511. The van der Waals surface area contributed by atoms with Gasteiger partial charge in [-0.3, -0.25) is 10.9 Å². The smallest absolute Gasteiger partial charge is 0.314 e. The number of halogens is 2. The van der Waals surface area contributed by atoms with Crippen LogP contribution in [0.15, 0.2) is 23.3 Å². The highest BCUT2D eigenvalue weighted by molar-refractivity contribution is 6.36. The second kappa shape index (κ2) is 5.90. The summed E-state index contributed by atoms with van der Waals surface area (Å²) in [6, 6.07) is 4.81. The number of hydrazine groups is 1. The maximum absolute atomic E-state index is 11.0. The van der Waals surface area contributed by atoms with Crippen LogP contribution in [0, 0.1) is 0 Å². The lowest BCUT2D eigenvalue weighted by molar-refractivity contribution is 0.217. The fraction of sp³-hybridized carbons (Fsp3) is 0.200. The van der Waals surface area contributed by atoms with E-state index in [1.54, 1.807) is 24.4 Å². The van der Waals surface area contributed by atoms with Crippen LogP contribution in [0.3, 0.4) is 0 Å². The quantitative estimate of drug-likeness (QED) is 0.496. The molecule has 96 valence electrons. The zero-order valence-corrected chi connectivity index (χ0v) is 10.7. The zero-order valence-electron chi connectivity index (χ0n) is 9.21. The minimum Gasteiger partial charge on any atom is -0.314 e. The highest BCUT2D eigenvalue weighted by Gasteiger charge is 2.15. The first-order valence-corrected chi connectivity index (χ1v) is 5.94. The summed E-state index contributed by atoms with van der Waals surface area (Å²) < 4.78 is 0. The van der Waals surface area contributed by atoms with E-state index < -0.39 is 0 Å². The Kier molecular flexibility index (Phi) is 4.24. The van der Waals surface area contributed by atoms with Crippen LogP contribution in [-0.4, -0.2) is 25.0 Å². The molecule has 1 aliphatic rings. The van der Waals surface area contributed by atoms with E-state index in [0.717, 1.165) is 5.56 Å². The number of urea groups is 1. The lowest BCUT2D eigenvalue weighted by Crippen LogP contribution is -2.62. The van der Waals surface area contributed by atoms with Crippen molar-refractivity contribution in [3.63, 3.8) is 0 Å². The maximum Gasteiger partial charge on any atom is 0.330 e. The van der Waals surface area contributed by atoms with E-state index >= 15 is 0 Å². The molecule has 0 saturated carbocycles. The molecule has 1 aromatic rings. The first-order chi connectivity index (χ1) is 8.65. The van der Waals surface area contributed by atoms with E-state index in [1.165, 1.54) is 0 Å². The fourth-order valence-corrected chi connectivity index (χ4v) is 1.82.